The molecule has 1 fully saturated rings. The van der Waals surface area contributed by atoms with Crippen molar-refractivity contribution in [2.75, 3.05) is 26.4 Å². The number of aromatic hydroxyl groups is 1. The van der Waals surface area contributed by atoms with E-state index in [-0.39, 0.29) is 22.2 Å². The SMILES string of the molecule is OCC1(CO)COPOC1.Oc1ccccc1.POc1ccccc1. The third kappa shape index (κ3) is 9.13. The first-order valence-electron chi connectivity index (χ1n) is 7.52. The standard InChI is InChI=1S/C6H7OP.C6H6O.C5H11O4P/c8-7-6-4-2-1-3-5-6;7-6-4-2-1-3-5-6;6-1-5(2-7)3-8-10-9-4-5/h1-5H,8H2;1-5,7H;6-7,10H,1-4H2. The van der Waals surface area contributed by atoms with Gasteiger partial charge in [0.2, 0.25) is 0 Å². The van der Waals surface area contributed by atoms with Crippen molar-refractivity contribution >= 4 is 18.5 Å². The van der Waals surface area contributed by atoms with Crippen LogP contribution < -0.4 is 4.52 Å². The van der Waals surface area contributed by atoms with E-state index in [0.29, 0.717) is 19.0 Å². The van der Waals surface area contributed by atoms with Crippen molar-refractivity contribution in [1.29, 1.82) is 0 Å². The Balaban J connectivity index is 0.000000191. The Bertz CT molecular complexity index is 544. The molecule has 0 amide bonds. The molecule has 0 aliphatic carbocycles. The van der Waals surface area contributed by atoms with Gasteiger partial charge in [0.25, 0.3) is 0 Å². The number of aliphatic hydroxyl groups excluding tert-OH is 2. The van der Waals surface area contributed by atoms with Gasteiger partial charge in [0.15, 0.2) is 9.03 Å². The third-order valence-corrected chi connectivity index (χ3v) is 3.98. The molecule has 1 atom stereocenters. The highest BCUT2D eigenvalue weighted by Crippen LogP contribution is 2.30. The predicted molar refractivity (Wildman–Crippen MR) is 102 cm³/mol. The van der Waals surface area contributed by atoms with Gasteiger partial charge < -0.3 is 28.9 Å². The van der Waals surface area contributed by atoms with Crippen LogP contribution in [0.4, 0.5) is 0 Å². The van der Waals surface area contributed by atoms with Crippen LogP contribution in [0, 0.1) is 5.41 Å². The predicted octanol–water partition coefficient (Wildman–Crippen LogP) is 2.76. The topological polar surface area (TPSA) is 88.4 Å². The van der Waals surface area contributed by atoms with Crippen LogP contribution in [0.15, 0.2) is 60.7 Å². The molecule has 3 N–H and O–H groups in total. The van der Waals surface area contributed by atoms with Crippen molar-refractivity contribution in [1.82, 2.24) is 0 Å². The Morgan fingerprint density at radius 1 is 0.920 bits per heavy atom. The lowest BCUT2D eigenvalue weighted by Gasteiger charge is -2.32. The number of phenols is 1. The summed E-state index contributed by atoms with van der Waals surface area (Å²) in [5.74, 6) is 1.19. The minimum atomic E-state index is -0.564. The van der Waals surface area contributed by atoms with E-state index in [4.69, 9.17) is 28.9 Å². The lowest BCUT2D eigenvalue weighted by Crippen LogP contribution is -2.40. The van der Waals surface area contributed by atoms with Crippen LogP contribution in [0.2, 0.25) is 0 Å². The maximum atomic E-state index is 8.82. The molecule has 0 bridgehead atoms. The van der Waals surface area contributed by atoms with Crippen LogP contribution in [-0.4, -0.2) is 41.7 Å². The molecule has 2 aromatic carbocycles. The van der Waals surface area contributed by atoms with E-state index in [1.807, 2.05) is 36.4 Å². The zero-order valence-electron chi connectivity index (χ0n) is 13.7. The van der Waals surface area contributed by atoms with Crippen molar-refractivity contribution < 1.29 is 28.9 Å². The van der Waals surface area contributed by atoms with E-state index in [1.54, 1.807) is 24.3 Å². The Labute approximate surface area is 152 Å². The Morgan fingerprint density at radius 2 is 1.40 bits per heavy atom. The quantitative estimate of drug-likeness (QED) is 0.703. The second kappa shape index (κ2) is 13.0. The molecule has 138 valence electrons. The molecule has 1 aliphatic heterocycles. The largest absolute Gasteiger partial charge is 0.508 e. The zero-order chi connectivity index (χ0) is 18.4. The smallest absolute Gasteiger partial charge is 0.155 e. The highest BCUT2D eigenvalue weighted by atomic mass is 31.1. The van der Waals surface area contributed by atoms with Gasteiger partial charge in [-0.3, -0.25) is 0 Å². The van der Waals surface area contributed by atoms with Gasteiger partial charge in [0.05, 0.1) is 41.3 Å². The van der Waals surface area contributed by atoms with Gasteiger partial charge in [0, 0.05) is 0 Å². The molecule has 3 rings (SSSR count). The lowest BCUT2D eigenvalue weighted by atomic mass is 9.93. The van der Waals surface area contributed by atoms with Gasteiger partial charge in [-0.15, -0.1) is 0 Å². The second-order valence-corrected chi connectivity index (χ2v) is 6.22. The molecule has 1 heterocycles. The van der Waals surface area contributed by atoms with Crippen LogP contribution >= 0.6 is 18.5 Å². The number of hydrogen-bond donors (Lipinski definition) is 3. The highest BCUT2D eigenvalue weighted by molar-refractivity contribution is 7.26. The summed E-state index contributed by atoms with van der Waals surface area (Å²) >= 11 is 0. The van der Waals surface area contributed by atoms with E-state index >= 15 is 0 Å². The molecule has 1 unspecified atom stereocenters. The van der Waals surface area contributed by atoms with Crippen LogP contribution in [-0.2, 0) is 9.05 Å². The van der Waals surface area contributed by atoms with E-state index in [1.165, 1.54) is 0 Å². The Kier molecular flexibility index (Phi) is 11.3. The summed E-state index contributed by atoms with van der Waals surface area (Å²) in [6.07, 6.45) is 0. The van der Waals surface area contributed by atoms with Crippen molar-refractivity contribution in [3.8, 4) is 11.5 Å². The molecule has 8 heteroatoms. The van der Waals surface area contributed by atoms with Crippen molar-refractivity contribution in [3.63, 3.8) is 0 Å². The molecule has 0 aromatic heterocycles. The molecule has 1 saturated heterocycles. The minimum absolute atomic E-state index is 0.0523. The van der Waals surface area contributed by atoms with Crippen molar-refractivity contribution in [2.24, 2.45) is 5.41 Å². The average Bonchev–Trinajstić information content (AvgIpc) is 2.71. The zero-order valence-corrected chi connectivity index (χ0v) is 15.9. The van der Waals surface area contributed by atoms with Gasteiger partial charge in [-0.05, 0) is 24.3 Å². The van der Waals surface area contributed by atoms with Crippen LogP contribution in [0.3, 0.4) is 0 Å². The fourth-order valence-corrected chi connectivity index (χ4v) is 2.58. The number of benzene rings is 2. The number of aliphatic hydroxyl groups is 2. The Morgan fingerprint density at radius 3 is 1.68 bits per heavy atom. The summed E-state index contributed by atoms with van der Waals surface area (Å²) in [4.78, 5) is 0. The monoisotopic (exact) mass is 386 g/mol. The molecule has 0 spiro atoms. The first kappa shape index (κ1) is 21.8. The van der Waals surface area contributed by atoms with Gasteiger partial charge in [-0.1, -0.05) is 36.4 Å². The third-order valence-electron chi connectivity index (χ3n) is 3.18. The van der Waals surface area contributed by atoms with Crippen molar-refractivity contribution in [2.45, 2.75) is 0 Å². The van der Waals surface area contributed by atoms with E-state index < -0.39 is 5.41 Å². The first-order valence-corrected chi connectivity index (χ1v) is 8.80. The minimum Gasteiger partial charge on any atom is -0.508 e. The number of para-hydroxylation sites is 2. The molecule has 6 nitrogen and oxygen atoms in total. The van der Waals surface area contributed by atoms with E-state index in [2.05, 4.69) is 9.47 Å². The average molecular weight is 386 g/mol. The first-order chi connectivity index (χ1) is 12.2. The molecule has 0 radical (unpaired) electrons. The molecule has 0 saturated carbocycles. The van der Waals surface area contributed by atoms with E-state index in [9.17, 15) is 0 Å². The summed E-state index contributed by atoms with van der Waals surface area (Å²) in [7, 11) is 2.25. The van der Waals surface area contributed by atoms with Crippen LogP contribution in [0.1, 0.15) is 0 Å². The molecular weight excluding hydrogens is 362 g/mol. The van der Waals surface area contributed by atoms with Crippen molar-refractivity contribution in [3.05, 3.63) is 60.7 Å². The maximum Gasteiger partial charge on any atom is 0.155 e. The Hall–Kier alpha value is -1.26. The molecule has 25 heavy (non-hydrogen) atoms. The van der Waals surface area contributed by atoms with Gasteiger partial charge in [-0.2, -0.15) is 0 Å². The molecular formula is C17H24O6P2. The second-order valence-electron chi connectivity index (χ2n) is 5.24. The maximum absolute atomic E-state index is 8.82. The summed E-state index contributed by atoms with van der Waals surface area (Å²) in [6, 6.07) is 18.3. The van der Waals surface area contributed by atoms with Gasteiger partial charge >= 0.3 is 0 Å². The normalized spacial score (nSPS) is 15.0. The highest BCUT2D eigenvalue weighted by Gasteiger charge is 2.32. The van der Waals surface area contributed by atoms with Crippen LogP contribution in [0.5, 0.6) is 11.5 Å². The fourth-order valence-electron chi connectivity index (χ4n) is 1.61. The number of phenolic OH excluding ortho intramolecular Hbond substituents is 1. The number of rotatable bonds is 3. The summed E-state index contributed by atoms with van der Waals surface area (Å²) < 4.78 is 14.7. The molecule has 1 aliphatic rings. The van der Waals surface area contributed by atoms with Crippen LogP contribution in [0.25, 0.3) is 0 Å². The lowest BCUT2D eigenvalue weighted by molar-refractivity contribution is -0.0389. The summed E-state index contributed by atoms with van der Waals surface area (Å²) in [5, 5.41) is 26.3. The van der Waals surface area contributed by atoms with Gasteiger partial charge in [0.1, 0.15) is 11.5 Å². The van der Waals surface area contributed by atoms with Gasteiger partial charge in [-0.25, -0.2) is 0 Å². The van der Waals surface area contributed by atoms with E-state index in [0.717, 1.165) is 5.75 Å². The summed E-state index contributed by atoms with van der Waals surface area (Å²) in [6.45, 7) is 0.596. The summed E-state index contributed by atoms with van der Waals surface area (Å²) in [5.41, 5.74) is -0.564. The fraction of sp³-hybridized carbons (Fsp3) is 0.294. The molecule has 2 aromatic rings. The number of hydrogen-bond acceptors (Lipinski definition) is 6.